The molecule has 0 unspecified atom stereocenters. The lowest BCUT2D eigenvalue weighted by molar-refractivity contribution is -0.301. The van der Waals surface area contributed by atoms with E-state index < -0.39 is 59.8 Å². The predicted octanol–water partition coefficient (Wildman–Crippen LogP) is 8.52. The molecule has 1 aliphatic rings. The van der Waals surface area contributed by atoms with E-state index in [0.29, 0.717) is 13.0 Å². The second-order valence-corrected chi connectivity index (χ2v) is 16.4. The largest absolute Gasteiger partial charge is 0.457 e. The molecular weight excluding hydrogens is 717 g/mol. The molecule has 1 fully saturated rings. The first-order valence-corrected chi connectivity index (χ1v) is 23.2. The summed E-state index contributed by atoms with van der Waals surface area (Å²) in [5.74, 6) is -0.395. The minimum Gasteiger partial charge on any atom is -0.457 e. The minimum absolute atomic E-state index is 0.0443. The van der Waals surface area contributed by atoms with Gasteiger partial charge in [0.25, 0.3) is 0 Å². The van der Waals surface area contributed by atoms with Gasteiger partial charge >= 0.3 is 16.4 Å². The van der Waals surface area contributed by atoms with E-state index >= 15 is 0 Å². The molecule has 1 rings (SSSR count). The first-order valence-electron chi connectivity index (χ1n) is 21.8. The van der Waals surface area contributed by atoms with Crippen LogP contribution in [0.25, 0.3) is 0 Å². The Hall–Kier alpha value is -0.900. The number of hydrogen-bond donors (Lipinski definition) is 4. The number of rotatable bonds is 38. The molecule has 0 amide bonds. The van der Waals surface area contributed by atoms with E-state index in [9.17, 15) is 28.5 Å². The van der Waals surface area contributed by atoms with Crippen molar-refractivity contribution in [1.82, 2.24) is 0 Å². The number of aliphatic hydroxyl groups excluding tert-OH is 3. The Morgan fingerprint density at radius 3 is 1.48 bits per heavy atom. The Labute approximate surface area is 328 Å². The molecule has 0 spiro atoms. The van der Waals surface area contributed by atoms with Crippen molar-refractivity contribution in [2.75, 3.05) is 26.4 Å². The molecule has 0 aromatic heterocycles. The number of carbonyl (C=O) groups excluding carboxylic acids is 1. The van der Waals surface area contributed by atoms with Gasteiger partial charge in [0.1, 0.15) is 30.5 Å². The van der Waals surface area contributed by atoms with Gasteiger partial charge in [-0.15, -0.1) is 0 Å². The Morgan fingerprint density at radius 1 is 0.630 bits per heavy atom. The second-order valence-electron chi connectivity index (χ2n) is 15.3. The first-order chi connectivity index (χ1) is 26.1. The molecule has 1 heterocycles. The van der Waals surface area contributed by atoms with Gasteiger partial charge in [-0.1, -0.05) is 174 Å². The van der Waals surface area contributed by atoms with Gasteiger partial charge in [0.05, 0.1) is 19.8 Å². The van der Waals surface area contributed by atoms with Crippen molar-refractivity contribution in [2.24, 2.45) is 0 Å². The summed E-state index contributed by atoms with van der Waals surface area (Å²) in [6.45, 7) is 4.01. The predicted molar refractivity (Wildman–Crippen MR) is 211 cm³/mol. The van der Waals surface area contributed by atoms with Crippen molar-refractivity contribution in [3.63, 3.8) is 0 Å². The van der Waals surface area contributed by atoms with Gasteiger partial charge in [0.2, 0.25) is 0 Å². The molecule has 0 aromatic carbocycles. The highest BCUT2D eigenvalue weighted by molar-refractivity contribution is 7.80. The third kappa shape index (κ3) is 27.7. The quantitative estimate of drug-likeness (QED) is 0.0266. The molecule has 0 saturated carbocycles. The van der Waals surface area contributed by atoms with Crippen LogP contribution in [0.15, 0.2) is 0 Å². The highest BCUT2D eigenvalue weighted by Crippen LogP contribution is 2.26. The van der Waals surface area contributed by atoms with Gasteiger partial charge in [0, 0.05) is 13.0 Å². The molecule has 12 nitrogen and oxygen atoms in total. The number of aliphatic hydroxyl groups is 3. The SMILES string of the molecule is CCCCCCCCCCCCCCCCOC[C@H](CO[C@@H]1O[C@H](CO)[C@H](O)[C@H](OS(=O)(=O)O)[C@H]1O)OC(=O)CCCCCCCCCCCCCCC. The van der Waals surface area contributed by atoms with Crippen LogP contribution in [-0.2, 0) is 38.3 Å². The second kappa shape index (κ2) is 34.2. The Morgan fingerprint density at radius 2 is 1.06 bits per heavy atom. The third-order valence-corrected chi connectivity index (χ3v) is 10.7. The molecule has 0 aliphatic carbocycles. The maximum Gasteiger partial charge on any atom is 0.397 e. The maximum atomic E-state index is 12.8. The summed E-state index contributed by atoms with van der Waals surface area (Å²) < 4.78 is 58.9. The Kier molecular flexibility index (Phi) is 32.3. The van der Waals surface area contributed by atoms with E-state index in [1.807, 2.05) is 0 Å². The molecular formula is C41H80O12S. The standard InChI is InChI=1S/C41H80O12S/c1-3-5-7-9-11-13-15-17-19-21-23-25-27-29-31-49-33-35(34-50-41-39(45)40(53-54(46,47)48)38(44)36(32-42)52-41)51-37(43)30-28-26-24-22-20-18-16-14-12-10-8-6-4-2/h35-36,38-42,44-45H,3-34H2,1-2H3,(H,46,47,48)/t35-,36-,38+,39-,40+,41-/m1/s1. The minimum atomic E-state index is -5.05. The fraction of sp³-hybridized carbons (Fsp3) is 0.976. The highest BCUT2D eigenvalue weighted by atomic mass is 32.3. The fourth-order valence-corrected chi connectivity index (χ4v) is 7.42. The molecule has 0 radical (unpaired) electrons. The smallest absolute Gasteiger partial charge is 0.397 e. The molecule has 4 N–H and O–H groups in total. The molecule has 1 aliphatic heterocycles. The summed E-state index contributed by atoms with van der Waals surface area (Å²) >= 11 is 0. The molecule has 13 heteroatoms. The summed E-state index contributed by atoms with van der Waals surface area (Å²) in [5, 5.41) is 30.6. The molecule has 0 bridgehead atoms. The average Bonchev–Trinajstić information content (AvgIpc) is 3.14. The lowest BCUT2D eigenvalue weighted by Crippen LogP contribution is -2.60. The van der Waals surface area contributed by atoms with Crippen LogP contribution in [0.4, 0.5) is 0 Å². The summed E-state index contributed by atoms with van der Waals surface area (Å²) in [6.07, 6.45) is 24.2. The average molecular weight is 797 g/mol. The van der Waals surface area contributed by atoms with E-state index in [2.05, 4.69) is 18.0 Å². The molecule has 6 atom stereocenters. The maximum absolute atomic E-state index is 12.8. The van der Waals surface area contributed by atoms with Crippen LogP contribution in [0.1, 0.15) is 194 Å². The number of hydrogen-bond acceptors (Lipinski definition) is 11. The topological polar surface area (TPSA) is 178 Å². The van der Waals surface area contributed by atoms with Crippen molar-refractivity contribution in [3.05, 3.63) is 0 Å². The van der Waals surface area contributed by atoms with E-state index in [1.54, 1.807) is 0 Å². The van der Waals surface area contributed by atoms with E-state index in [4.69, 9.17) is 23.5 Å². The zero-order valence-corrected chi connectivity index (χ0v) is 34.9. The lowest BCUT2D eigenvalue weighted by atomic mass is 9.99. The number of esters is 1. The Bertz CT molecular complexity index is 968. The summed E-state index contributed by atoms with van der Waals surface area (Å²) in [4.78, 5) is 12.8. The van der Waals surface area contributed by atoms with E-state index in [1.165, 1.54) is 128 Å². The van der Waals surface area contributed by atoms with Gasteiger partial charge in [-0.3, -0.25) is 9.35 Å². The summed E-state index contributed by atoms with van der Waals surface area (Å²) in [7, 11) is -5.05. The zero-order valence-electron chi connectivity index (χ0n) is 34.1. The van der Waals surface area contributed by atoms with Crippen LogP contribution in [0.2, 0.25) is 0 Å². The number of carbonyl (C=O) groups is 1. The lowest BCUT2D eigenvalue weighted by Gasteiger charge is -2.41. The first kappa shape index (κ1) is 51.1. The van der Waals surface area contributed by atoms with Crippen molar-refractivity contribution in [3.8, 4) is 0 Å². The molecule has 322 valence electrons. The van der Waals surface area contributed by atoms with Gasteiger partial charge in [-0.2, -0.15) is 8.42 Å². The summed E-state index contributed by atoms with van der Waals surface area (Å²) in [6, 6.07) is 0. The third-order valence-electron chi connectivity index (χ3n) is 10.2. The zero-order chi connectivity index (χ0) is 39.7. The van der Waals surface area contributed by atoms with Crippen molar-refractivity contribution >= 4 is 16.4 Å². The van der Waals surface area contributed by atoms with Crippen LogP contribution in [0.5, 0.6) is 0 Å². The number of ether oxygens (including phenoxy) is 4. The van der Waals surface area contributed by atoms with E-state index in [-0.39, 0.29) is 19.6 Å². The van der Waals surface area contributed by atoms with Gasteiger partial charge in [0.15, 0.2) is 6.29 Å². The molecule has 1 saturated heterocycles. The van der Waals surface area contributed by atoms with Crippen molar-refractivity contribution in [2.45, 2.75) is 230 Å². The van der Waals surface area contributed by atoms with Gasteiger partial charge in [-0.05, 0) is 12.8 Å². The van der Waals surface area contributed by atoms with Crippen molar-refractivity contribution in [1.29, 1.82) is 0 Å². The highest BCUT2D eigenvalue weighted by Gasteiger charge is 2.48. The van der Waals surface area contributed by atoms with Gasteiger partial charge in [-0.25, -0.2) is 4.18 Å². The van der Waals surface area contributed by atoms with Crippen LogP contribution < -0.4 is 0 Å². The summed E-state index contributed by atoms with van der Waals surface area (Å²) in [5.41, 5.74) is 0. The van der Waals surface area contributed by atoms with Crippen LogP contribution in [-0.4, -0.2) is 97.5 Å². The van der Waals surface area contributed by atoms with Crippen LogP contribution >= 0.6 is 0 Å². The molecule has 0 aromatic rings. The van der Waals surface area contributed by atoms with Crippen LogP contribution in [0.3, 0.4) is 0 Å². The van der Waals surface area contributed by atoms with Crippen molar-refractivity contribution < 1.29 is 56.2 Å². The molecule has 54 heavy (non-hydrogen) atoms. The van der Waals surface area contributed by atoms with Crippen LogP contribution in [0, 0.1) is 0 Å². The van der Waals surface area contributed by atoms with E-state index in [0.717, 1.165) is 38.5 Å². The number of unbranched alkanes of at least 4 members (excludes halogenated alkanes) is 25. The monoisotopic (exact) mass is 797 g/mol. The fourth-order valence-electron chi connectivity index (χ4n) is 6.91. The van der Waals surface area contributed by atoms with Gasteiger partial charge < -0.3 is 34.3 Å². The normalized spacial score (nSPS) is 21.0. The Balaban J connectivity index is 2.44.